The van der Waals surface area contributed by atoms with Crippen molar-refractivity contribution in [3.05, 3.63) is 25.3 Å². The molecule has 0 radical (unpaired) electrons. The minimum Gasteiger partial charge on any atom is -0.465 e. The van der Waals surface area contributed by atoms with Crippen LogP contribution in [0.15, 0.2) is 25.3 Å². The van der Waals surface area contributed by atoms with E-state index in [-0.39, 0.29) is 26.1 Å². The SMILES string of the molecule is C=CC1CC1(C(=O)OCC)C(=O)OCC(COC(=O)C1(C(=O)OCC)CC1C=C)OP(=O)(O)O. The molecule has 2 N–H and O–H groups in total. The molecule has 4 atom stereocenters. The molecule has 2 aliphatic carbocycles. The smallest absolute Gasteiger partial charge is 0.465 e. The van der Waals surface area contributed by atoms with Gasteiger partial charge in [0.1, 0.15) is 19.3 Å². The molecule has 0 aliphatic heterocycles. The van der Waals surface area contributed by atoms with Gasteiger partial charge in [0.2, 0.25) is 0 Å². The summed E-state index contributed by atoms with van der Waals surface area (Å²) in [4.78, 5) is 68.2. The van der Waals surface area contributed by atoms with Gasteiger partial charge in [0.05, 0.1) is 13.2 Å². The van der Waals surface area contributed by atoms with Crippen LogP contribution in [0, 0.1) is 22.7 Å². The van der Waals surface area contributed by atoms with Crippen molar-refractivity contribution in [1.82, 2.24) is 0 Å². The molecule has 2 fully saturated rings. The van der Waals surface area contributed by atoms with E-state index in [0.29, 0.717) is 0 Å². The highest BCUT2D eigenvalue weighted by Gasteiger charge is 2.68. The van der Waals surface area contributed by atoms with Crippen LogP contribution in [0.1, 0.15) is 26.7 Å². The normalized spacial score (nSPS) is 28.1. The number of esters is 4. The van der Waals surface area contributed by atoms with Crippen LogP contribution in [0.25, 0.3) is 0 Å². The van der Waals surface area contributed by atoms with Crippen LogP contribution >= 0.6 is 7.82 Å². The van der Waals surface area contributed by atoms with E-state index in [2.05, 4.69) is 17.7 Å². The Morgan fingerprint density at radius 1 is 0.853 bits per heavy atom. The number of rotatable bonds is 14. The highest BCUT2D eigenvalue weighted by molar-refractivity contribution is 7.46. The maximum absolute atomic E-state index is 12.6. The first kappa shape index (κ1) is 27.7. The van der Waals surface area contributed by atoms with Gasteiger partial charge in [-0.2, -0.15) is 0 Å². The van der Waals surface area contributed by atoms with Crippen LogP contribution in [0.5, 0.6) is 0 Å². The minimum atomic E-state index is -5.09. The van der Waals surface area contributed by atoms with E-state index < -0.39 is 73.7 Å². The van der Waals surface area contributed by atoms with Crippen molar-refractivity contribution in [2.75, 3.05) is 26.4 Å². The van der Waals surface area contributed by atoms with Crippen molar-refractivity contribution in [3.8, 4) is 0 Å². The van der Waals surface area contributed by atoms with E-state index in [1.54, 1.807) is 13.8 Å². The molecule has 0 heterocycles. The van der Waals surface area contributed by atoms with Crippen LogP contribution in [0.3, 0.4) is 0 Å². The van der Waals surface area contributed by atoms with E-state index >= 15 is 0 Å². The van der Waals surface area contributed by atoms with Crippen LogP contribution in [0.2, 0.25) is 0 Å². The zero-order valence-electron chi connectivity index (χ0n) is 19.0. The maximum atomic E-state index is 12.6. The summed E-state index contributed by atoms with van der Waals surface area (Å²) in [7, 11) is -5.09. The van der Waals surface area contributed by atoms with E-state index in [1.807, 2.05) is 0 Å². The van der Waals surface area contributed by atoms with E-state index in [4.69, 9.17) is 18.9 Å². The molecule has 4 unspecified atom stereocenters. The number of allylic oxidation sites excluding steroid dienone is 2. The molecule has 0 amide bonds. The molecular formula is C21H29O12P. The highest BCUT2D eigenvalue weighted by atomic mass is 31.2. The zero-order valence-corrected chi connectivity index (χ0v) is 19.9. The van der Waals surface area contributed by atoms with Crippen LogP contribution in [-0.4, -0.2) is 66.2 Å². The van der Waals surface area contributed by atoms with Crippen LogP contribution in [-0.2, 0) is 47.2 Å². The molecule has 2 rings (SSSR count). The van der Waals surface area contributed by atoms with Crippen LogP contribution in [0.4, 0.5) is 0 Å². The Bertz CT molecular complexity index is 834. The number of ether oxygens (including phenoxy) is 4. The van der Waals surface area contributed by atoms with E-state index in [0.717, 1.165) is 0 Å². The Kier molecular flexibility index (Phi) is 8.81. The molecule has 0 aromatic rings. The second-order valence-corrected chi connectivity index (χ2v) is 9.08. The Balaban J connectivity index is 2.06. The Hall–Kier alpha value is -2.53. The zero-order chi connectivity index (χ0) is 25.7. The molecule has 13 heteroatoms. The van der Waals surface area contributed by atoms with Gasteiger partial charge in [0, 0.05) is 11.8 Å². The average molecular weight is 504 g/mol. The molecule has 0 saturated heterocycles. The third-order valence-corrected chi connectivity index (χ3v) is 6.27. The first-order valence-electron chi connectivity index (χ1n) is 10.6. The fourth-order valence-corrected chi connectivity index (χ4v) is 4.18. The molecule has 0 aromatic heterocycles. The Morgan fingerprint density at radius 2 is 1.21 bits per heavy atom. The van der Waals surface area contributed by atoms with Gasteiger partial charge in [-0.25, -0.2) is 4.57 Å². The lowest BCUT2D eigenvalue weighted by molar-refractivity contribution is -0.169. The molecule has 34 heavy (non-hydrogen) atoms. The summed E-state index contributed by atoms with van der Waals surface area (Å²) in [6.07, 6.45) is 1.44. The van der Waals surface area contributed by atoms with Gasteiger partial charge in [-0.3, -0.25) is 23.7 Å². The number of hydrogen-bond acceptors (Lipinski definition) is 10. The fraction of sp³-hybridized carbons (Fsp3) is 0.619. The van der Waals surface area contributed by atoms with Gasteiger partial charge in [-0.15, -0.1) is 13.2 Å². The van der Waals surface area contributed by atoms with Gasteiger partial charge in [0.15, 0.2) is 10.8 Å². The number of phosphoric acid groups is 1. The number of carbonyl (C=O) groups is 4. The third-order valence-electron chi connectivity index (χ3n) is 5.69. The summed E-state index contributed by atoms with van der Waals surface area (Å²) in [6.45, 7) is 8.82. The summed E-state index contributed by atoms with van der Waals surface area (Å²) in [5.74, 6) is -4.62. The van der Waals surface area contributed by atoms with Crippen molar-refractivity contribution in [1.29, 1.82) is 0 Å². The second kappa shape index (κ2) is 10.8. The maximum Gasteiger partial charge on any atom is 0.470 e. The molecule has 190 valence electrons. The first-order valence-corrected chi connectivity index (χ1v) is 12.1. The van der Waals surface area contributed by atoms with Gasteiger partial charge in [0.25, 0.3) is 0 Å². The predicted molar refractivity (Wildman–Crippen MR) is 114 cm³/mol. The average Bonchev–Trinajstić information content (AvgIpc) is 3.67. The predicted octanol–water partition coefficient (Wildman–Crippen LogP) is 1.06. The summed E-state index contributed by atoms with van der Waals surface area (Å²) < 4.78 is 35.9. The summed E-state index contributed by atoms with van der Waals surface area (Å²) in [5.41, 5.74) is -3.19. The first-order chi connectivity index (χ1) is 15.9. The standard InChI is InChI=1S/C21H29O12P/c1-5-13-9-20(13,16(22)29-7-3)18(24)31-11-15(33-34(26,27)28)12-32-19(25)21(10-14(21)6-2)17(23)30-8-4/h5-6,13-15H,1-2,7-12H2,3-4H3,(H2,26,27,28). The minimum absolute atomic E-state index is 0.0333. The molecule has 2 saturated carbocycles. The van der Waals surface area contributed by atoms with Gasteiger partial charge < -0.3 is 28.7 Å². The molecule has 0 aromatic carbocycles. The highest BCUT2D eigenvalue weighted by Crippen LogP contribution is 2.56. The molecule has 0 spiro atoms. The summed E-state index contributed by atoms with van der Waals surface area (Å²) in [6, 6.07) is 0. The lowest BCUT2D eigenvalue weighted by Gasteiger charge is -2.21. The quantitative estimate of drug-likeness (QED) is 0.113. The number of carbonyl (C=O) groups excluding carboxylic acids is 4. The molecule has 2 aliphatic rings. The fourth-order valence-electron chi connectivity index (χ4n) is 3.67. The van der Waals surface area contributed by atoms with E-state index in [1.165, 1.54) is 12.2 Å². The van der Waals surface area contributed by atoms with Gasteiger partial charge in [-0.1, -0.05) is 12.2 Å². The monoisotopic (exact) mass is 504 g/mol. The third kappa shape index (κ3) is 5.75. The second-order valence-electron chi connectivity index (χ2n) is 7.89. The largest absolute Gasteiger partial charge is 0.470 e. The lowest BCUT2D eigenvalue weighted by Crippen LogP contribution is -2.37. The van der Waals surface area contributed by atoms with Crippen molar-refractivity contribution < 1.29 is 57.0 Å². The van der Waals surface area contributed by atoms with E-state index in [9.17, 15) is 33.5 Å². The van der Waals surface area contributed by atoms with Crippen molar-refractivity contribution in [2.45, 2.75) is 32.8 Å². The Labute approximate surface area is 196 Å². The van der Waals surface area contributed by atoms with Gasteiger partial charge >= 0.3 is 31.7 Å². The van der Waals surface area contributed by atoms with Crippen molar-refractivity contribution in [3.63, 3.8) is 0 Å². The Morgan fingerprint density at radius 3 is 1.47 bits per heavy atom. The molecule has 0 bridgehead atoms. The summed E-state index contributed by atoms with van der Waals surface area (Å²) >= 11 is 0. The molecule has 12 nitrogen and oxygen atoms in total. The summed E-state index contributed by atoms with van der Waals surface area (Å²) in [5, 5.41) is 0. The van der Waals surface area contributed by atoms with Crippen molar-refractivity contribution >= 4 is 31.7 Å². The number of hydrogen-bond donors (Lipinski definition) is 2. The molecular weight excluding hydrogens is 475 g/mol. The van der Waals surface area contributed by atoms with Crippen molar-refractivity contribution in [2.24, 2.45) is 22.7 Å². The number of phosphoric ester groups is 1. The van der Waals surface area contributed by atoms with Crippen LogP contribution < -0.4 is 0 Å². The van der Waals surface area contributed by atoms with Gasteiger partial charge in [-0.05, 0) is 26.7 Å². The lowest BCUT2D eigenvalue weighted by atomic mass is 10.0. The topological polar surface area (TPSA) is 172 Å².